The van der Waals surface area contributed by atoms with E-state index in [1.54, 1.807) is 12.1 Å². The molecule has 0 aliphatic carbocycles. The first kappa shape index (κ1) is 9.93. The van der Waals surface area contributed by atoms with Gasteiger partial charge in [-0.05, 0) is 18.1 Å². The van der Waals surface area contributed by atoms with Crippen LogP contribution in [-0.2, 0) is 9.53 Å². The minimum atomic E-state index is -0.660. The van der Waals surface area contributed by atoms with Crippen molar-refractivity contribution < 1.29 is 14.3 Å². The number of methoxy groups -OCH3 is 1. The van der Waals surface area contributed by atoms with Crippen LogP contribution in [0.4, 0.5) is 0 Å². The summed E-state index contributed by atoms with van der Waals surface area (Å²) in [6, 6.07) is 3.19. The van der Waals surface area contributed by atoms with Gasteiger partial charge in [-0.2, -0.15) is 0 Å². The van der Waals surface area contributed by atoms with Crippen LogP contribution in [0.3, 0.4) is 0 Å². The highest BCUT2D eigenvalue weighted by molar-refractivity contribution is 5.89. The molecule has 0 bridgehead atoms. The van der Waals surface area contributed by atoms with Crippen LogP contribution in [0.5, 0.6) is 0 Å². The van der Waals surface area contributed by atoms with Crippen molar-refractivity contribution in [2.75, 3.05) is 7.11 Å². The Kier molecular flexibility index (Phi) is 3.39. The Balaban J connectivity index is 2.99. The number of esters is 1. The predicted octanol–water partition coefficient (Wildman–Crippen LogP) is 0.419. The first-order valence-electron chi connectivity index (χ1n) is 3.78. The zero-order valence-corrected chi connectivity index (χ0v) is 7.48. The predicted molar refractivity (Wildman–Crippen MR) is 48.5 cm³/mol. The third kappa shape index (κ3) is 2.42. The molecule has 0 radical (unpaired) electrons. The van der Waals surface area contributed by atoms with E-state index in [1.807, 2.05) is 0 Å². The van der Waals surface area contributed by atoms with Crippen LogP contribution in [0.25, 0.3) is 0 Å². The standard InChI is InChI=1S/C10H7NO3/c1-14-10(13)5-4-9-8(7-12)3-2-6-11-9/h2-3,6-7H,1H3. The van der Waals surface area contributed by atoms with Crippen molar-refractivity contribution in [1.29, 1.82) is 0 Å². The molecule has 0 fully saturated rings. The zero-order valence-electron chi connectivity index (χ0n) is 7.48. The lowest BCUT2D eigenvalue weighted by molar-refractivity contribution is -0.133. The Bertz CT molecular complexity index is 415. The van der Waals surface area contributed by atoms with Crippen LogP contribution in [-0.4, -0.2) is 24.3 Å². The topological polar surface area (TPSA) is 56.3 Å². The van der Waals surface area contributed by atoms with Gasteiger partial charge >= 0.3 is 5.97 Å². The summed E-state index contributed by atoms with van der Waals surface area (Å²) in [6.07, 6.45) is 2.13. The molecular formula is C10H7NO3. The van der Waals surface area contributed by atoms with Gasteiger partial charge in [0.2, 0.25) is 0 Å². The lowest BCUT2D eigenvalue weighted by Gasteiger charge is -1.92. The van der Waals surface area contributed by atoms with Gasteiger partial charge in [-0.1, -0.05) is 0 Å². The second-order valence-electron chi connectivity index (χ2n) is 2.30. The van der Waals surface area contributed by atoms with Gasteiger partial charge in [-0.3, -0.25) is 4.79 Å². The molecule has 1 aromatic heterocycles. The van der Waals surface area contributed by atoms with Crippen LogP contribution >= 0.6 is 0 Å². The fourth-order valence-corrected chi connectivity index (χ4v) is 0.779. The second kappa shape index (κ2) is 4.77. The van der Waals surface area contributed by atoms with Gasteiger partial charge in [0.1, 0.15) is 5.69 Å². The van der Waals surface area contributed by atoms with Crippen molar-refractivity contribution in [3.63, 3.8) is 0 Å². The lowest BCUT2D eigenvalue weighted by Crippen LogP contribution is -1.96. The number of carbonyl (C=O) groups is 2. The molecule has 0 amide bonds. The smallest absolute Gasteiger partial charge is 0.384 e. The molecule has 70 valence electrons. The van der Waals surface area contributed by atoms with E-state index in [0.29, 0.717) is 11.8 Å². The SMILES string of the molecule is COC(=O)C#Cc1ncccc1C=O. The van der Waals surface area contributed by atoms with Crippen LogP contribution in [0.2, 0.25) is 0 Å². The molecular weight excluding hydrogens is 182 g/mol. The molecule has 0 saturated carbocycles. The lowest BCUT2D eigenvalue weighted by atomic mass is 10.2. The van der Waals surface area contributed by atoms with Crippen molar-refractivity contribution in [1.82, 2.24) is 4.98 Å². The van der Waals surface area contributed by atoms with Crippen molar-refractivity contribution in [3.05, 3.63) is 29.6 Å². The number of hydrogen-bond donors (Lipinski definition) is 0. The summed E-state index contributed by atoms with van der Waals surface area (Å²) in [6.45, 7) is 0. The number of ether oxygens (including phenoxy) is 1. The van der Waals surface area contributed by atoms with E-state index in [4.69, 9.17) is 0 Å². The van der Waals surface area contributed by atoms with Crippen LogP contribution in [0.15, 0.2) is 18.3 Å². The number of carbonyl (C=O) groups excluding carboxylic acids is 2. The molecule has 1 aromatic rings. The Morgan fingerprint density at radius 2 is 2.43 bits per heavy atom. The van der Waals surface area contributed by atoms with E-state index in [2.05, 4.69) is 21.6 Å². The van der Waals surface area contributed by atoms with Gasteiger partial charge in [-0.25, -0.2) is 9.78 Å². The maximum atomic E-state index is 10.7. The molecule has 4 nitrogen and oxygen atoms in total. The number of nitrogens with zero attached hydrogens (tertiary/aromatic N) is 1. The molecule has 1 heterocycles. The Morgan fingerprint density at radius 1 is 1.64 bits per heavy atom. The molecule has 4 heteroatoms. The minimum absolute atomic E-state index is 0.271. The highest BCUT2D eigenvalue weighted by Gasteiger charge is 1.98. The fourth-order valence-electron chi connectivity index (χ4n) is 0.779. The van der Waals surface area contributed by atoms with E-state index < -0.39 is 5.97 Å². The summed E-state index contributed by atoms with van der Waals surface area (Å²) in [7, 11) is 1.23. The number of aldehydes is 1. The van der Waals surface area contributed by atoms with Gasteiger partial charge in [0.15, 0.2) is 6.29 Å². The first-order chi connectivity index (χ1) is 6.77. The monoisotopic (exact) mass is 189 g/mol. The van der Waals surface area contributed by atoms with Gasteiger partial charge in [0, 0.05) is 17.7 Å². The molecule has 1 rings (SSSR count). The van der Waals surface area contributed by atoms with E-state index in [9.17, 15) is 9.59 Å². The van der Waals surface area contributed by atoms with Crippen molar-refractivity contribution in [2.45, 2.75) is 0 Å². The maximum Gasteiger partial charge on any atom is 0.384 e. The third-order valence-corrected chi connectivity index (χ3v) is 1.43. The Hall–Kier alpha value is -2.15. The Morgan fingerprint density at radius 3 is 3.07 bits per heavy atom. The minimum Gasteiger partial charge on any atom is -0.459 e. The number of rotatable bonds is 1. The number of pyridine rings is 1. The Labute approximate surface area is 80.9 Å². The van der Waals surface area contributed by atoms with Crippen LogP contribution in [0.1, 0.15) is 16.1 Å². The molecule has 0 N–H and O–H groups in total. The summed E-state index contributed by atoms with van der Waals surface area (Å²) >= 11 is 0. The molecule has 0 spiro atoms. The van der Waals surface area contributed by atoms with Gasteiger partial charge < -0.3 is 4.74 Å². The van der Waals surface area contributed by atoms with Crippen molar-refractivity contribution in [2.24, 2.45) is 0 Å². The maximum absolute atomic E-state index is 10.7. The highest BCUT2D eigenvalue weighted by atomic mass is 16.5. The van der Waals surface area contributed by atoms with Gasteiger partial charge in [0.05, 0.1) is 7.11 Å². The third-order valence-electron chi connectivity index (χ3n) is 1.43. The average Bonchev–Trinajstić information content (AvgIpc) is 2.26. The van der Waals surface area contributed by atoms with E-state index in [0.717, 1.165) is 0 Å². The van der Waals surface area contributed by atoms with Gasteiger partial charge in [-0.15, -0.1) is 0 Å². The second-order valence-corrected chi connectivity index (χ2v) is 2.30. The summed E-state index contributed by atoms with van der Waals surface area (Å²) in [5.74, 6) is 3.98. The molecule has 0 aliphatic rings. The molecule has 0 unspecified atom stereocenters. The fraction of sp³-hybridized carbons (Fsp3) is 0.100. The van der Waals surface area contributed by atoms with Gasteiger partial charge in [0.25, 0.3) is 0 Å². The molecule has 14 heavy (non-hydrogen) atoms. The average molecular weight is 189 g/mol. The summed E-state index contributed by atoms with van der Waals surface area (Å²) < 4.78 is 4.32. The molecule has 0 aliphatic heterocycles. The summed E-state index contributed by atoms with van der Waals surface area (Å²) in [4.78, 5) is 25.0. The normalized spacial score (nSPS) is 8.36. The summed E-state index contributed by atoms with van der Waals surface area (Å²) in [5.41, 5.74) is 0.622. The van der Waals surface area contributed by atoms with E-state index in [-0.39, 0.29) is 5.69 Å². The zero-order chi connectivity index (χ0) is 10.4. The van der Waals surface area contributed by atoms with Crippen molar-refractivity contribution in [3.8, 4) is 11.8 Å². The number of aromatic nitrogens is 1. The molecule has 0 saturated heterocycles. The summed E-state index contributed by atoms with van der Waals surface area (Å²) in [5, 5.41) is 0. The quantitative estimate of drug-likeness (QED) is 0.365. The van der Waals surface area contributed by atoms with E-state index >= 15 is 0 Å². The molecule has 0 atom stereocenters. The first-order valence-corrected chi connectivity index (χ1v) is 3.78. The number of hydrogen-bond acceptors (Lipinski definition) is 4. The van der Waals surface area contributed by atoms with Crippen LogP contribution in [0, 0.1) is 11.8 Å². The highest BCUT2D eigenvalue weighted by Crippen LogP contribution is 1.99. The van der Waals surface area contributed by atoms with E-state index in [1.165, 1.54) is 13.3 Å². The molecule has 0 aromatic carbocycles. The van der Waals surface area contributed by atoms with Crippen LogP contribution < -0.4 is 0 Å². The van der Waals surface area contributed by atoms with Crippen molar-refractivity contribution >= 4 is 12.3 Å². The largest absolute Gasteiger partial charge is 0.459 e.